The van der Waals surface area contributed by atoms with E-state index in [1.54, 1.807) is 14.1 Å². The number of hydrogen-bond donors (Lipinski definition) is 0. The first-order chi connectivity index (χ1) is 9.29. The Hall–Kier alpha value is -1.22. The van der Waals surface area contributed by atoms with Crippen LogP contribution in [-0.4, -0.2) is 56.4 Å². The average molecular weight is 320 g/mol. The van der Waals surface area contributed by atoms with Gasteiger partial charge >= 0.3 is 6.03 Å². The second-order valence-electron chi connectivity index (χ2n) is 4.61. The molecule has 0 saturated carbocycles. The van der Waals surface area contributed by atoms with Gasteiger partial charge in [-0.1, -0.05) is 31.1 Å². The standard InChI is InChI=1S/C11H20N4O3S2/c1-5-6-7-8-20(17,18)10-13-12-9(19-10)15(4)11(16)14(2)3/h5-8H2,1-4H3. The first kappa shape index (κ1) is 16.8. The van der Waals surface area contributed by atoms with Crippen molar-refractivity contribution in [1.82, 2.24) is 15.1 Å². The molecule has 0 aliphatic rings. The first-order valence-corrected chi connectivity index (χ1v) is 8.77. The van der Waals surface area contributed by atoms with E-state index in [4.69, 9.17) is 0 Å². The Bertz CT molecular complexity index is 554. The van der Waals surface area contributed by atoms with Crippen LogP contribution in [0.5, 0.6) is 0 Å². The zero-order chi connectivity index (χ0) is 15.3. The van der Waals surface area contributed by atoms with Crippen LogP contribution in [0.2, 0.25) is 0 Å². The average Bonchev–Trinajstić information content (AvgIpc) is 2.87. The van der Waals surface area contributed by atoms with Crippen molar-refractivity contribution in [3.63, 3.8) is 0 Å². The molecule has 0 aliphatic heterocycles. The number of carbonyl (C=O) groups is 1. The maximum Gasteiger partial charge on any atom is 0.325 e. The lowest BCUT2D eigenvalue weighted by Gasteiger charge is -2.18. The second kappa shape index (κ2) is 6.98. The van der Waals surface area contributed by atoms with Crippen LogP contribution in [0.25, 0.3) is 0 Å². The van der Waals surface area contributed by atoms with Crippen LogP contribution in [0.4, 0.5) is 9.93 Å². The van der Waals surface area contributed by atoms with Crippen LogP contribution < -0.4 is 4.90 Å². The number of unbranched alkanes of at least 4 members (excludes halogenated alkanes) is 2. The van der Waals surface area contributed by atoms with Crippen molar-refractivity contribution in [2.45, 2.75) is 30.5 Å². The summed E-state index contributed by atoms with van der Waals surface area (Å²) in [6.45, 7) is 2.01. The minimum atomic E-state index is -3.40. The molecule has 1 aromatic rings. The molecule has 0 fully saturated rings. The Morgan fingerprint density at radius 1 is 1.20 bits per heavy atom. The maximum absolute atomic E-state index is 12.0. The molecule has 2 amide bonds. The normalized spacial score (nSPS) is 11.4. The molecular formula is C11H20N4O3S2. The molecule has 7 nitrogen and oxygen atoms in total. The maximum atomic E-state index is 12.0. The predicted molar refractivity (Wildman–Crippen MR) is 79.0 cm³/mol. The van der Waals surface area contributed by atoms with Crippen LogP contribution in [0.15, 0.2) is 4.34 Å². The smallest absolute Gasteiger partial charge is 0.325 e. The monoisotopic (exact) mass is 320 g/mol. The Morgan fingerprint density at radius 3 is 2.40 bits per heavy atom. The lowest BCUT2D eigenvalue weighted by atomic mass is 10.3. The van der Waals surface area contributed by atoms with Crippen LogP contribution in [0.1, 0.15) is 26.2 Å². The summed E-state index contributed by atoms with van der Waals surface area (Å²) in [5.41, 5.74) is 0. The van der Waals surface area contributed by atoms with Gasteiger partial charge in [-0.2, -0.15) is 0 Å². The highest BCUT2D eigenvalue weighted by molar-refractivity contribution is 7.93. The highest BCUT2D eigenvalue weighted by Crippen LogP contribution is 2.24. The van der Waals surface area contributed by atoms with Gasteiger partial charge in [0, 0.05) is 21.1 Å². The summed E-state index contributed by atoms with van der Waals surface area (Å²) >= 11 is 0.920. The number of rotatable bonds is 6. The zero-order valence-corrected chi connectivity index (χ0v) is 13.8. The molecule has 0 aromatic carbocycles. The van der Waals surface area contributed by atoms with Gasteiger partial charge < -0.3 is 4.90 Å². The molecule has 0 aliphatic carbocycles. The fraction of sp³-hybridized carbons (Fsp3) is 0.727. The van der Waals surface area contributed by atoms with Crippen molar-refractivity contribution in [2.24, 2.45) is 0 Å². The quantitative estimate of drug-likeness (QED) is 0.587. The SMILES string of the molecule is CCCCCS(=O)(=O)c1nnc(N(C)C(=O)N(C)C)s1. The molecule has 114 valence electrons. The van der Waals surface area contributed by atoms with Gasteiger partial charge in [0.2, 0.25) is 19.3 Å². The number of carbonyl (C=O) groups excluding carboxylic acids is 1. The molecule has 1 rings (SSSR count). The molecule has 0 unspecified atom stereocenters. The molecule has 0 saturated heterocycles. The van der Waals surface area contributed by atoms with E-state index in [0.29, 0.717) is 6.42 Å². The summed E-state index contributed by atoms with van der Waals surface area (Å²) in [5, 5.41) is 7.76. The van der Waals surface area contributed by atoms with Crippen LogP contribution >= 0.6 is 11.3 Å². The molecule has 9 heteroatoms. The number of anilines is 1. The molecule has 0 radical (unpaired) electrons. The van der Waals surface area contributed by atoms with Crippen LogP contribution in [0.3, 0.4) is 0 Å². The van der Waals surface area contributed by atoms with Gasteiger partial charge in [0.15, 0.2) is 0 Å². The fourth-order valence-corrected chi connectivity index (χ4v) is 3.91. The minimum absolute atomic E-state index is 0.0259. The molecule has 0 spiro atoms. The van der Waals surface area contributed by atoms with Gasteiger partial charge in [0.1, 0.15) is 0 Å². The summed E-state index contributed by atoms with van der Waals surface area (Å²) in [6.07, 6.45) is 2.43. The summed E-state index contributed by atoms with van der Waals surface area (Å²) in [6, 6.07) is -0.281. The van der Waals surface area contributed by atoms with Crippen molar-refractivity contribution < 1.29 is 13.2 Å². The van der Waals surface area contributed by atoms with Gasteiger partial charge in [-0.3, -0.25) is 4.90 Å². The molecule has 0 bridgehead atoms. The van der Waals surface area contributed by atoms with E-state index in [1.807, 2.05) is 6.92 Å². The Morgan fingerprint density at radius 2 is 1.85 bits per heavy atom. The highest BCUT2D eigenvalue weighted by Gasteiger charge is 2.23. The van der Waals surface area contributed by atoms with E-state index in [2.05, 4.69) is 10.2 Å². The number of hydrogen-bond acceptors (Lipinski definition) is 6. The third kappa shape index (κ3) is 4.14. The number of sulfone groups is 1. The zero-order valence-electron chi connectivity index (χ0n) is 12.2. The van der Waals surface area contributed by atoms with Gasteiger partial charge in [0.25, 0.3) is 0 Å². The summed E-state index contributed by atoms with van der Waals surface area (Å²) in [5.74, 6) is 0.0703. The van der Waals surface area contributed by atoms with Gasteiger partial charge in [0.05, 0.1) is 5.75 Å². The summed E-state index contributed by atoms with van der Waals surface area (Å²) < 4.78 is 24.1. The number of aromatic nitrogens is 2. The number of nitrogens with zero attached hydrogens (tertiary/aromatic N) is 4. The Labute approximate surface area is 123 Å². The number of amides is 2. The van der Waals surface area contributed by atoms with E-state index in [9.17, 15) is 13.2 Å². The van der Waals surface area contributed by atoms with E-state index in [1.165, 1.54) is 16.8 Å². The fourth-order valence-electron chi connectivity index (χ4n) is 1.47. The number of urea groups is 1. The van der Waals surface area contributed by atoms with Gasteiger partial charge in [-0.15, -0.1) is 10.2 Å². The first-order valence-electron chi connectivity index (χ1n) is 6.31. The van der Waals surface area contributed by atoms with E-state index in [-0.39, 0.29) is 21.3 Å². The molecule has 1 aromatic heterocycles. The molecule has 1 heterocycles. The van der Waals surface area contributed by atoms with Crippen molar-refractivity contribution in [1.29, 1.82) is 0 Å². The van der Waals surface area contributed by atoms with Crippen molar-refractivity contribution in [3.8, 4) is 0 Å². The van der Waals surface area contributed by atoms with Crippen molar-refractivity contribution in [2.75, 3.05) is 31.8 Å². The van der Waals surface area contributed by atoms with Gasteiger partial charge in [-0.25, -0.2) is 13.2 Å². The topological polar surface area (TPSA) is 83.5 Å². The molecule has 0 N–H and O–H groups in total. The van der Waals surface area contributed by atoms with Crippen molar-refractivity contribution >= 4 is 32.3 Å². The summed E-state index contributed by atoms with van der Waals surface area (Å²) in [7, 11) is 1.37. The van der Waals surface area contributed by atoms with E-state index in [0.717, 1.165) is 24.2 Å². The lowest BCUT2D eigenvalue weighted by Crippen LogP contribution is -2.36. The molecule has 20 heavy (non-hydrogen) atoms. The van der Waals surface area contributed by atoms with Crippen LogP contribution in [0, 0.1) is 0 Å². The predicted octanol–water partition coefficient (Wildman–Crippen LogP) is 1.62. The van der Waals surface area contributed by atoms with Crippen molar-refractivity contribution in [3.05, 3.63) is 0 Å². The van der Waals surface area contributed by atoms with Crippen LogP contribution in [-0.2, 0) is 9.84 Å². The van der Waals surface area contributed by atoms with Gasteiger partial charge in [-0.05, 0) is 6.42 Å². The third-order valence-corrected chi connectivity index (χ3v) is 5.88. The summed E-state index contributed by atoms with van der Waals surface area (Å²) in [4.78, 5) is 14.4. The van der Waals surface area contributed by atoms with E-state index >= 15 is 0 Å². The molecular weight excluding hydrogens is 300 g/mol. The third-order valence-electron chi connectivity index (χ3n) is 2.63. The molecule has 0 atom stereocenters. The lowest BCUT2D eigenvalue weighted by molar-refractivity contribution is 0.225. The second-order valence-corrected chi connectivity index (χ2v) is 7.85. The Balaban J connectivity index is 2.84. The van der Waals surface area contributed by atoms with E-state index < -0.39 is 9.84 Å². The Kier molecular flexibility index (Phi) is 5.88. The minimum Gasteiger partial charge on any atom is -0.330 e. The highest BCUT2D eigenvalue weighted by atomic mass is 32.2. The largest absolute Gasteiger partial charge is 0.330 e.